The lowest BCUT2D eigenvalue weighted by Crippen LogP contribution is -2.29. The maximum atomic E-state index is 5.64. The van der Waals surface area contributed by atoms with Gasteiger partial charge in [-0.2, -0.15) is 15.1 Å². The maximum Gasteiger partial charge on any atom is 0.228 e. The molecule has 4 aromatic heterocycles. The molecule has 8 nitrogen and oxygen atoms in total. The number of fused-ring (bicyclic) bond motifs is 2. The van der Waals surface area contributed by atoms with Gasteiger partial charge in [-0.25, -0.2) is 4.52 Å². The van der Waals surface area contributed by atoms with Crippen molar-refractivity contribution in [2.75, 3.05) is 19.5 Å². The van der Waals surface area contributed by atoms with E-state index in [0.717, 1.165) is 53.4 Å². The zero-order valence-electron chi connectivity index (χ0n) is 16.6. The second-order valence-electron chi connectivity index (χ2n) is 7.45. The molecular formula is C21H24N6O2. The molecule has 1 aliphatic carbocycles. The lowest BCUT2D eigenvalue weighted by Gasteiger charge is -2.28. The highest BCUT2D eigenvalue weighted by Gasteiger charge is 2.22. The van der Waals surface area contributed by atoms with Crippen LogP contribution in [0.25, 0.3) is 27.7 Å². The molecule has 1 fully saturated rings. The third kappa shape index (κ3) is 3.29. The van der Waals surface area contributed by atoms with Crippen molar-refractivity contribution in [3.63, 3.8) is 0 Å². The Morgan fingerprint density at radius 1 is 1.14 bits per heavy atom. The molecule has 0 bridgehead atoms. The van der Waals surface area contributed by atoms with Crippen LogP contribution in [0.5, 0.6) is 5.88 Å². The fraction of sp³-hybridized carbons (Fsp3) is 0.381. The number of aromatic nitrogens is 5. The molecule has 0 aliphatic heterocycles. The predicted octanol–water partition coefficient (Wildman–Crippen LogP) is 3.65. The summed E-state index contributed by atoms with van der Waals surface area (Å²) < 4.78 is 12.9. The van der Waals surface area contributed by atoms with Crippen molar-refractivity contribution in [1.82, 2.24) is 24.6 Å². The van der Waals surface area contributed by atoms with Crippen LogP contribution in [0.2, 0.25) is 0 Å². The molecule has 4 aromatic rings. The summed E-state index contributed by atoms with van der Waals surface area (Å²) >= 11 is 0. The largest absolute Gasteiger partial charge is 0.480 e. The summed E-state index contributed by atoms with van der Waals surface area (Å²) in [7, 11) is 3.43. The number of methoxy groups -OCH3 is 2. The van der Waals surface area contributed by atoms with Crippen molar-refractivity contribution < 1.29 is 9.47 Å². The molecule has 2 N–H and O–H groups in total. The van der Waals surface area contributed by atoms with Crippen LogP contribution in [-0.2, 0) is 4.74 Å². The molecule has 150 valence electrons. The zero-order chi connectivity index (χ0) is 19.8. The Labute approximate surface area is 168 Å². The Morgan fingerprint density at radius 2 is 2.00 bits per heavy atom. The lowest BCUT2D eigenvalue weighted by molar-refractivity contribution is 0.0681. The Hall–Kier alpha value is -3.13. The monoisotopic (exact) mass is 392 g/mol. The Kier molecular flexibility index (Phi) is 4.55. The van der Waals surface area contributed by atoms with E-state index in [-0.39, 0.29) is 0 Å². The van der Waals surface area contributed by atoms with Crippen LogP contribution >= 0.6 is 0 Å². The van der Waals surface area contributed by atoms with Crippen LogP contribution in [0.3, 0.4) is 0 Å². The third-order valence-corrected chi connectivity index (χ3v) is 5.74. The third-order valence-electron chi connectivity index (χ3n) is 5.74. The van der Waals surface area contributed by atoms with Crippen molar-refractivity contribution in [2.45, 2.75) is 37.8 Å². The Morgan fingerprint density at radius 3 is 2.79 bits per heavy atom. The van der Waals surface area contributed by atoms with Crippen LogP contribution in [0, 0.1) is 0 Å². The van der Waals surface area contributed by atoms with Gasteiger partial charge in [0.25, 0.3) is 0 Å². The molecule has 0 aromatic carbocycles. The first-order valence-corrected chi connectivity index (χ1v) is 9.91. The number of nitrogens with zero attached hydrogens (tertiary/aromatic N) is 4. The number of rotatable bonds is 5. The average Bonchev–Trinajstić information content (AvgIpc) is 3.40. The molecule has 8 heteroatoms. The number of hydrogen-bond donors (Lipinski definition) is 2. The van der Waals surface area contributed by atoms with Gasteiger partial charge >= 0.3 is 0 Å². The van der Waals surface area contributed by atoms with Crippen LogP contribution in [0.4, 0.5) is 5.95 Å². The molecule has 0 unspecified atom stereocenters. The van der Waals surface area contributed by atoms with Crippen molar-refractivity contribution in [3.05, 3.63) is 36.8 Å². The van der Waals surface area contributed by atoms with Crippen molar-refractivity contribution in [1.29, 1.82) is 0 Å². The molecule has 0 radical (unpaired) electrons. The minimum absolute atomic E-state index is 0.349. The highest BCUT2D eigenvalue weighted by Crippen LogP contribution is 2.35. The fourth-order valence-electron chi connectivity index (χ4n) is 4.15. The Balaban J connectivity index is 1.47. The number of hydrogen-bond acceptors (Lipinski definition) is 6. The standard InChI is InChI=1S/C21H24N6O2/c1-28-16-5-3-14(4-6-16)24-21-25-19-18(20(26-21)29-2)17(12-22-19)13-8-10-27-15(11-13)7-9-23-27/h7-12,14,16H,3-6H2,1-2H3,(H2,22,24,25,26)/t14-,16+. The predicted molar refractivity (Wildman–Crippen MR) is 111 cm³/mol. The number of anilines is 1. The van der Waals surface area contributed by atoms with E-state index in [9.17, 15) is 0 Å². The van der Waals surface area contributed by atoms with E-state index in [1.54, 1.807) is 20.4 Å². The lowest BCUT2D eigenvalue weighted by atomic mass is 9.93. The van der Waals surface area contributed by atoms with E-state index in [0.29, 0.717) is 24.0 Å². The second kappa shape index (κ2) is 7.36. The highest BCUT2D eigenvalue weighted by molar-refractivity contribution is 5.98. The van der Waals surface area contributed by atoms with Crippen molar-refractivity contribution >= 4 is 22.5 Å². The minimum atomic E-state index is 0.349. The van der Waals surface area contributed by atoms with E-state index in [1.165, 1.54) is 0 Å². The maximum absolute atomic E-state index is 5.64. The SMILES string of the molecule is COc1nc(N[C@H]2CC[C@@H](OC)CC2)nc2[nH]cc(-c3ccn4nccc4c3)c12. The molecule has 5 rings (SSSR count). The van der Waals surface area contributed by atoms with E-state index in [2.05, 4.69) is 26.4 Å². The topological polar surface area (TPSA) is 89.4 Å². The van der Waals surface area contributed by atoms with E-state index < -0.39 is 0 Å². The molecule has 1 saturated carbocycles. The summed E-state index contributed by atoms with van der Waals surface area (Å²) in [5.74, 6) is 1.16. The first-order valence-electron chi connectivity index (χ1n) is 9.91. The molecule has 4 heterocycles. The van der Waals surface area contributed by atoms with E-state index in [1.807, 2.05) is 29.0 Å². The molecule has 0 atom stereocenters. The van der Waals surface area contributed by atoms with E-state index in [4.69, 9.17) is 14.5 Å². The number of aromatic amines is 1. The fourth-order valence-corrected chi connectivity index (χ4v) is 4.15. The minimum Gasteiger partial charge on any atom is -0.480 e. The van der Waals surface area contributed by atoms with Crippen LogP contribution < -0.4 is 10.1 Å². The van der Waals surface area contributed by atoms with E-state index >= 15 is 0 Å². The molecule has 29 heavy (non-hydrogen) atoms. The van der Waals surface area contributed by atoms with Gasteiger partial charge in [-0.15, -0.1) is 0 Å². The van der Waals surface area contributed by atoms with Crippen LogP contribution in [-0.4, -0.2) is 50.9 Å². The summed E-state index contributed by atoms with van der Waals surface area (Å²) in [6.45, 7) is 0. The average molecular weight is 392 g/mol. The molecular weight excluding hydrogens is 368 g/mol. The van der Waals surface area contributed by atoms with Gasteiger partial charge < -0.3 is 19.8 Å². The van der Waals surface area contributed by atoms with Gasteiger partial charge in [-0.1, -0.05) is 0 Å². The molecule has 0 spiro atoms. The molecule has 0 amide bonds. The van der Waals surface area contributed by atoms with Crippen molar-refractivity contribution in [3.8, 4) is 17.0 Å². The van der Waals surface area contributed by atoms with Gasteiger partial charge in [0, 0.05) is 37.3 Å². The van der Waals surface area contributed by atoms with Gasteiger partial charge in [-0.3, -0.25) is 0 Å². The number of nitrogens with one attached hydrogen (secondary N) is 2. The zero-order valence-corrected chi connectivity index (χ0v) is 16.6. The smallest absolute Gasteiger partial charge is 0.228 e. The summed E-state index contributed by atoms with van der Waals surface area (Å²) in [4.78, 5) is 12.6. The first kappa shape index (κ1) is 17.9. The summed E-state index contributed by atoms with van der Waals surface area (Å²) in [5.41, 5.74) is 3.85. The number of H-pyrrole nitrogens is 1. The first-order chi connectivity index (χ1) is 14.2. The van der Waals surface area contributed by atoms with Gasteiger partial charge in [0.2, 0.25) is 11.8 Å². The number of ether oxygens (including phenoxy) is 2. The van der Waals surface area contributed by atoms with Gasteiger partial charge in [0.1, 0.15) is 5.65 Å². The van der Waals surface area contributed by atoms with Crippen LogP contribution in [0.15, 0.2) is 36.8 Å². The number of pyridine rings is 1. The van der Waals surface area contributed by atoms with Gasteiger partial charge in [0.15, 0.2) is 0 Å². The van der Waals surface area contributed by atoms with Gasteiger partial charge in [-0.05, 0) is 49.4 Å². The summed E-state index contributed by atoms with van der Waals surface area (Å²) in [5, 5.41) is 8.61. The second-order valence-corrected chi connectivity index (χ2v) is 7.45. The molecule has 0 saturated heterocycles. The Bertz CT molecular complexity index is 1140. The highest BCUT2D eigenvalue weighted by atomic mass is 16.5. The van der Waals surface area contributed by atoms with Crippen molar-refractivity contribution in [2.24, 2.45) is 0 Å². The summed E-state index contributed by atoms with van der Waals surface area (Å²) in [6, 6.07) is 6.45. The van der Waals surface area contributed by atoms with Crippen LogP contribution in [0.1, 0.15) is 25.7 Å². The quantitative estimate of drug-likeness (QED) is 0.539. The van der Waals surface area contributed by atoms with Gasteiger partial charge in [0.05, 0.1) is 24.1 Å². The summed E-state index contributed by atoms with van der Waals surface area (Å²) in [6.07, 6.45) is 10.3. The normalized spacial score (nSPS) is 19.7. The molecule has 1 aliphatic rings.